The van der Waals surface area contributed by atoms with Gasteiger partial charge in [0.1, 0.15) is 16.9 Å². The van der Waals surface area contributed by atoms with Gasteiger partial charge in [-0.15, -0.1) is 0 Å². The van der Waals surface area contributed by atoms with E-state index in [0.717, 1.165) is 40.0 Å². The number of carbonyl (C=O) groups excluding carboxylic acids is 1. The summed E-state index contributed by atoms with van der Waals surface area (Å²) in [7, 11) is 0. The number of rotatable bonds is 4. The fraction of sp³-hybridized carbons (Fsp3) is 0.261. The highest BCUT2D eigenvalue weighted by Gasteiger charge is 2.24. The number of aromatic nitrogens is 4. The number of hydrogen-bond donors (Lipinski definition) is 1. The molecule has 0 saturated carbocycles. The van der Waals surface area contributed by atoms with Gasteiger partial charge in [0.15, 0.2) is 0 Å². The number of aryl methyl sites for hydroxylation is 2. The minimum atomic E-state index is 0.0279. The highest BCUT2D eigenvalue weighted by molar-refractivity contribution is 7.00. The Morgan fingerprint density at radius 3 is 2.44 bits per heavy atom. The van der Waals surface area contributed by atoms with Gasteiger partial charge in [-0.3, -0.25) is 4.79 Å². The zero-order valence-electron chi connectivity index (χ0n) is 17.9. The predicted octanol–water partition coefficient (Wildman–Crippen LogP) is 3.80. The van der Waals surface area contributed by atoms with E-state index in [0.29, 0.717) is 37.7 Å². The van der Waals surface area contributed by atoms with Crippen molar-refractivity contribution in [3.63, 3.8) is 0 Å². The molecule has 0 aliphatic carbocycles. The number of fused-ring (bicyclic) bond motifs is 1. The summed E-state index contributed by atoms with van der Waals surface area (Å²) >= 11 is 1.16. The molecule has 0 radical (unpaired) electrons. The van der Waals surface area contributed by atoms with E-state index in [9.17, 15) is 4.79 Å². The second-order valence-electron chi connectivity index (χ2n) is 7.93. The second-order valence-corrected chi connectivity index (χ2v) is 8.46. The van der Waals surface area contributed by atoms with Gasteiger partial charge in [0.25, 0.3) is 5.91 Å². The maximum Gasteiger partial charge on any atom is 0.254 e. The molecule has 1 amide bonds. The van der Waals surface area contributed by atoms with Crippen LogP contribution >= 0.6 is 11.7 Å². The lowest BCUT2D eigenvalue weighted by molar-refractivity contribution is 0.0746. The molecule has 1 aliphatic heterocycles. The topological polar surface area (TPSA) is 87.1 Å². The summed E-state index contributed by atoms with van der Waals surface area (Å²) in [5.41, 5.74) is 5.30. The molecule has 9 heteroatoms. The molecule has 1 N–H and O–H groups in total. The van der Waals surface area contributed by atoms with Crippen molar-refractivity contribution in [1.29, 1.82) is 0 Å². The molecule has 0 atom stereocenters. The van der Waals surface area contributed by atoms with Crippen LogP contribution in [0.2, 0.25) is 0 Å². The Morgan fingerprint density at radius 1 is 0.906 bits per heavy atom. The largest absolute Gasteiger partial charge is 0.353 e. The van der Waals surface area contributed by atoms with E-state index in [1.165, 1.54) is 5.56 Å². The van der Waals surface area contributed by atoms with Crippen molar-refractivity contribution >= 4 is 46.1 Å². The summed E-state index contributed by atoms with van der Waals surface area (Å²) in [6.45, 7) is 6.73. The average Bonchev–Trinajstić information content (AvgIpc) is 3.28. The molecule has 32 heavy (non-hydrogen) atoms. The molecule has 4 aromatic rings. The maximum atomic E-state index is 13.0. The van der Waals surface area contributed by atoms with E-state index >= 15 is 0 Å². The highest BCUT2D eigenvalue weighted by atomic mass is 32.1. The van der Waals surface area contributed by atoms with Crippen LogP contribution in [0, 0.1) is 13.8 Å². The van der Waals surface area contributed by atoms with E-state index in [1.54, 1.807) is 0 Å². The number of anilines is 3. The van der Waals surface area contributed by atoms with E-state index < -0.39 is 0 Å². The fourth-order valence-electron chi connectivity index (χ4n) is 3.77. The Morgan fingerprint density at radius 2 is 1.66 bits per heavy atom. The first-order chi connectivity index (χ1) is 15.5. The van der Waals surface area contributed by atoms with Gasteiger partial charge in [-0.2, -0.15) is 13.7 Å². The number of nitrogens with zero attached hydrogens (tertiary/aromatic N) is 6. The Hall–Kier alpha value is -3.59. The van der Waals surface area contributed by atoms with Gasteiger partial charge in [0, 0.05) is 49.2 Å². The van der Waals surface area contributed by atoms with E-state index in [-0.39, 0.29) is 5.91 Å². The van der Waals surface area contributed by atoms with Crippen molar-refractivity contribution in [2.75, 3.05) is 36.4 Å². The summed E-state index contributed by atoms with van der Waals surface area (Å²) in [6, 6.07) is 15.6. The van der Waals surface area contributed by atoms with Gasteiger partial charge in [-0.05, 0) is 44.2 Å². The quantitative estimate of drug-likeness (QED) is 0.511. The average molecular weight is 446 g/mol. The van der Waals surface area contributed by atoms with Crippen LogP contribution in [0.25, 0.3) is 11.0 Å². The fourth-order valence-corrected chi connectivity index (χ4v) is 4.29. The molecule has 0 unspecified atom stereocenters. The SMILES string of the molecule is Cc1ccc(Nc2nc(C)cc(N3CCN(C(=O)c4ccc5nsnc5c4)CC3)n2)cc1. The van der Waals surface area contributed by atoms with Gasteiger partial charge in [0.05, 0.1) is 11.7 Å². The molecule has 8 nitrogen and oxygen atoms in total. The molecule has 0 bridgehead atoms. The van der Waals surface area contributed by atoms with Crippen molar-refractivity contribution in [1.82, 2.24) is 23.6 Å². The van der Waals surface area contributed by atoms with Crippen LogP contribution < -0.4 is 10.2 Å². The van der Waals surface area contributed by atoms with Crippen LogP contribution in [0.5, 0.6) is 0 Å². The van der Waals surface area contributed by atoms with Gasteiger partial charge in [-0.1, -0.05) is 17.7 Å². The Bertz CT molecular complexity index is 1260. The molecule has 1 fully saturated rings. The lowest BCUT2D eigenvalue weighted by Crippen LogP contribution is -2.49. The molecule has 2 aromatic carbocycles. The molecular formula is C23H23N7OS. The van der Waals surface area contributed by atoms with Crippen LogP contribution in [-0.2, 0) is 0 Å². The first-order valence-corrected chi connectivity index (χ1v) is 11.2. The van der Waals surface area contributed by atoms with Crippen molar-refractivity contribution in [3.05, 3.63) is 65.4 Å². The molecule has 162 valence electrons. The van der Waals surface area contributed by atoms with Gasteiger partial charge >= 0.3 is 0 Å². The third kappa shape index (κ3) is 4.24. The number of nitrogens with one attached hydrogen (secondary N) is 1. The Labute approximate surface area is 190 Å². The number of piperazine rings is 1. The van der Waals surface area contributed by atoms with Crippen LogP contribution in [0.3, 0.4) is 0 Å². The van der Waals surface area contributed by atoms with Crippen molar-refractivity contribution < 1.29 is 4.79 Å². The van der Waals surface area contributed by atoms with Crippen molar-refractivity contribution in [3.8, 4) is 0 Å². The Balaban J connectivity index is 1.26. The van der Waals surface area contributed by atoms with Gasteiger partial charge in [0.2, 0.25) is 5.95 Å². The van der Waals surface area contributed by atoms with Crippen LogP contribution in [-0.4, -0.2) is 55.7 Å². The number of carbonyl (C=O) groups is 1. The van der Waals surface area contributed by atoms with E-state index in [4.69, 9.17) is 4.98 Å². The van der Waals surface area contributed by atoms with Gasteiger partial charge < -0.3 is 15.1 Å². The molecule has 2 aromatic heterocycles. The molecule has 1 aliphatic rings. The van der Waals surface area contributed by atoms with E-state index in [1.807, 2.05) is 48.2 Å². The van der Waals surface area contributed by atoms with Crippen molar-refractivity contribution in [2.45, 2.75) is 13.8 Å². The monoisotopic (exact) mass is 445 g/mol. The predicted molar refractivity (Wildman–Crippen MR) is 127 cm³/mol. The minimum Gasteiger partial charge on any atom is -0.353 e. The third-order valence-electron chi connectivity index (χ3n) is 5.54. The number of hydrogen-bond acceptors (Lipinski definition) is 8. The summed E-state index contributed by atoms with van der Waals surface area (Å²) in [4.78, 5) is 26.3. The maximum absolute atomic E-state index is 13.0. The standard InChI is InChI=1S/C23H23N7OS/c1-15-3-6-18(7-4-15)25-23-24-16(2)13-21(26-23)29-9-11-30(12-10-29)22(31)17-5-8-19-20(14-17)28-32-27-19/h3-8,13-14H,9-12H2,1-2H3,(H,24,25,26). The smallest absolute Gasteiger partial charge is 0.254 e. The zero-order chi connectivity index (χ0) is 22.1. The van der Waals surface area contributed by atoms with Crippen molar-refractivity contribution in [2.24, 2.45) is 0 Å². The molecule has 1 saturated heterocycles. The van der Waals surface area contributed by atoms with E-state index in [2.05, 4.69) is 43.0 Å². The highest BCUT2D eigenvalue weighted by Crippen LogP contribution is 2.21. The zero-order valence-corrected chi connectivity index (χ0v) is 18.8. The summed E-state index contributed by atoms with van der Waals surface area (Å²) in [6.07, 6.45) is 0. The van der Waals surface area contributed by atoms with Crippen LogP contribution in [0.1, 0.15) is 21.6 Å². The second kappa shape index (κ2) is 8.51. The first kappa shape index (κ1) is 20.3. The normalized spacial score (nSPS) is 14.1. The molecule has 5 rings (SSSR count). The molecule has 0 spiro atoms. The summed E-state index contributed by atoms with van der Waals surface area (Å²) in [5.74, 6) is 1.47. The third-order valence-corrected chi connectivity index (χ3v) is 6.10. The lowest BCUT2D eigenvalue weighted by Gasteiger charge is -2.35. The first-order valence-electron chi connectivity index (χ1n) is 10.5. The summed E-state index contributed by atoms with van der Waals surface area (Å²) < 4.78 is 8.44. The Kier molecular flexibility index (Phi) is 5.40. The molecular weight excluding hydrogens is 422 g/mol. The molecule has 3 heterocycles. The van der Waals surface area contributed by atoms with Crippen LogP contribution in [0.15, 0.2) is 48.5 Å². The summed E-state index contributed by atoms with van der Waals surface area (Å²) in [5, 5.41) is 3.29. The lowest BCUT2D eigenvalue weighted by atomic mass is 10.1. The number of amides is 1. The van der Waals surface area contributed by atoms with Crippen LogP contribution in [0.4, 0.5) is 17.5 Å². The number of benzene rings is 2. The minimum absolute atomic E-state index is 0.0279. The van der Waals surface area contributed by atoms with Gasteiger partial charge in [-0.25, -0.2) is 4.98 Å².